The smallest absolute Gasteiger partial charge is 0.272 e. The number of carbonyl (C=O) groups excluding carboxylic acids is 1. The number of hydrogen-bond donors (Lipinski definition) is 0. The molecule has 5 nitrogen and oxygen atoms in total. The highest BCUT2D eigenvalue weighted by Crippen LogP contribution is 2.22. The molecule has 144 valence electrons. The van der Waals surface area contributed by atoms with E-state index in [2.05, 4.69) is 40.8 Å². The van der Waals surface area contributed by atoms with Crippen LogP contribution in [0.3, 0.4) is 0 Å². The second-order valence-corrected chi connectivity index (χ2v) is 7.25. The summed E-state index contributed by atoms with van der Waals surface area (Å²) in [5, 5.41) is 0. The number of piperidine rings is 1. The van der Waals surface area contributed by atoms with E-state index < -0.39 is 0 Å². The van der Waals surface area contributed by atoms with E-state index in [1.54, 1.807) is 0 Å². The zero-order valence-electron chi connectivity index (χ0n) is 16.7. The molecule has 0 aliphatic carbocycles. The van der Waals surface area contributed by atoms with Gasteiger partial charge in [0.05, 0.1) is 0 Å². The first kappa shape index (κ1) is 19.3. The molecule has 2 heterocycles. The van der Waals surface area contributed by atoms with Crippen LogP contribution in [0.1, 0.15) is 61.3 Å². The highest BCUT2D eigenvalue weighted by Gasteiger charge is 2.27. The molecule has 0 N–H and O–H groups in total. The van der Waals surface area contributed by atoms with Crippen LogP contribution in [0.4, 0.5) is 5.95 Å². The van der Waals surface area contributed by atoms with Crippen LogP contribution >= 0.6 is 0 Å². The average molecular weight is 367 g/mol. The Hall–Kier alpha value is -2.43. The van der Waals surface area contributed by atoms with Gasteiger partial charge in [0.15, 0.2) is 0 Å². The first-order valence-electron chi connectivity index (χ1n) is 10.1. The van der Waals surface area contributed by atoms with Crippen LogP contribution in [-0.4, -0.2) is 39.9 Å². The van der Waals surface area contributed by atoms with Crippen molar-refractivity contribution in [2.45, 2.75) is 59.0 Å². The van der Waals surface area contributed by atoms with Crippen LogP contribution in [0.25, 0.3) is 0 Å². The fourth-order valence-corrected chi connectivity index (χ4v) is 3.77. The van der Waals surface area contributed by atoms with Crippen molar-refractivity contribution in [3.63, 3.8) is 0 Å². The lowest BCUT2D eigenvalue weighted by molar-refractivity contribution is 0.0601. The van der Waals surface area contributed by atoms with Crippen molar-refractivity contribution >= 4 is 11.9 Å². The number of rotatable bonds is 6. The van der Waals surface area contributed by atoms with Gasteiger partial charge in [0.25, 0.3) is 5.91 Å². The Kier molecular flexibility index (Phi) is 6.43. The van der Waals surface area contributed by atoms with Crippen LogP contribution < -0.4 is 4.90 Å². The van der Waals surface area contributed by atoms with Crippen LogP contribution in [0.2, 0.25) is 0 Å². The zero-order chi connectivity index (χ0) is 19.2. The van der Waals surface area contributed by atoms with Crippen LogP contribution in [-0.2, 0) is 6.54 Å². The number of hydrogen-bond acceptors (Lipinski definition) is 4. The number of likely N-dealkylation sites (tertiary alicyclic amines) is 1. The molecule has 5 heteroatoms. The SMILES string of the molecule is CCC1CCCCN1C(=O)c1cc(C)nc(N(CC)Cc2ccccc2)n1. The van der Waals surface area contributed by atoms with E-state index in [1.807, 2.05) is 36.1 Å². The number of anilines is 1. The van der Waals surface area contributed by atoms with Gasteiger partial charge in [-0.05, 0) is 51.2 Å². The summed E-state index contributed by atoms with van der Waals surface area (Å²) in [4.78, 5) is 26.6. The molecule has 0 radical (unpaired) electrons. The summed E-state index contributed by atoms with van der Waals surface area (Å²) in [5.41, 5.74) is 2.56. The third-order valence-electron chi connectivity index (χ3n) is 5.30. The van der Waals surface area contributed by atoms with Crippen molar-refractivity contribution in [3.8, 4) is 0 Å². The molecule has 1 fully saturated rings. The van der Waals surface area contributed by atoms with Gasteiger partial charge in [-0.2, -0.15) is 0 Å². The predicted octanol–water partition coefficient (Wildman–Crippen LogP) is 4.22. The minimum atomic E-state index is 0.0454. The van der Waals surface area contributed by atoms with Crippen molar-refractivity contribution in [2.24, 2.45) is 0 Å². The third-order valence-corrected chi connectivity index (χ3v) is 5.30. The molecular weight excluding hydrogens is 336 g/mol. The Morgan fingerprint density at radius 3 is 2.67 bits per heavy atom. The van der Waals surface area contributed by atoms with Gasteiger partial charge in [-0.25, -0.2) is 9.97 Å². The van der Waals surface area contributed by atoms with Gasteiger partial charge < -0.3 is 9.80 Å². The van der Waals surface area contributed by atoms with Crippen LogP contribution in [0, 0.1) is 6.92 Å². The van der Waals surface area contributed by atoms with E-state index in [-0.39, 0.29) is 5.91 Å². The van der Waals surface area contributed by atoms with Crippen molar-refractivity contribution in [1.82, 2.24) is 14.9 Å². The summed E-state index contributed by atoms with van der Waals surface area (Å²) in [6.07, 6.45) is 4.37. The number of nitrogens with zero attached hydrogens (tertiary/aromatic N) is 4. The summed E-state index contributed by atoms with van der Waals surface area (Å²) in [6, 6.07) is 12.4. The zero-order valence-corrected chi connectivity index (χ0v) is 16.7. The fraction of sp³-hybridized carbons (Fsp3) is 0.500. The largest absolute Gasteiger partial charge is 0.337 e. The quantitative estimate of drug-likeness (QED) is 0.768. The van der Waals surface area contributed by atoms with Crippen LogP contribution in [0.15, 0.2) is 36.4 Å². The molecule has 1 aliphatic heterocycles. The first-order valence-corrected chi connectivity index (χ1v) is 10.1. The highest BCUT2D eigenvalue weighted by molar-refractivity contribution is 5.93. The molecule has 1 aromatic carbocycles. The molecule has 2 aromatic rings. The van der Waals surface area contributed by atoms with Gasteiger partial charge in [0, 0.05) is 31.4 Å². The number of aryl methyl sites for hydroxylation is 1. The average Bonchev–Trinajstić information content (AvgIpc) is 2.71. The van der Waals surface area contributed by atoms with E-state index >= 15 is 0 Å². The molecular formula is C22H30N4O. The fourth-order valence-electron chi connectivity index (χ4n) is 3.77. The van der Waals surface area contributed by atoms with Gasteiger partial charge >= 0.3 is 0 Å². The molecule has 1 saturated heterocycles. The maximum Gasteiger partial charge on any atom is 0.272 e. The molecule has 0 spiro atoms. The lowest BCUT2D eigenvalue weighted by Gasteiger charge is -2.35. The Bertz CT molecular complexity index is 762. The summed E-state index contributed by atoms with van der Waals surface area (Å²) in [6.45, 7) is 8.53. The minimum absolute atomic E-state index is 0.0454. The maximum absolute atomic E-state index is 13.2. The van der Waals surface area contributed by atoms with Gasteiger partial charge in [0.1, 0.15) is 5.69 Å². The van der Waals surface area contributed by atoms with Gasteiger partial charge in [0.2, 0.25) is 5.95 Å². The monoisotopic (exact) mass is 366 g/mol. The number of aromatic nitrogens is 2. The lowest BCUT2D eigenvalue weighted by atomic mass is 9.99. The number of amides is 1. The maximum atomic E-state index is 13.2. The summed E-state index contributed by atoms with van der Waals surface area (Å²) < 4.78 is 0. The first-order chi connectivity index (χ1) is 13.1. The topological polar surface area (TPSA) is 49.3 Å². The molecule has 1 atom stereocenters. The molecule has 1 amide bonds. The van der Waals surface area contributed by atoms with E-state index in [9.17, 15) is 4.79 Å². The Balaban J connectivity index is 1.85. The Labute approximate surface area is 162 Å². The van der Waals surface area contributed by atoms with Crippen molar-refractivity contribution in [3.05, 3.63) is 53.3 Å². The van der Waals surface area contributed by atoms with Gasteiger partial charge in [-0.3, -0.25) is 4.79 Å². The molecule has 0 saturated carbocycles. The molecule has 27 heavy (non-hydrogen) atoms. The number of benzene rings is 1. The summed E-state index contributed by atoms with van der Waals surface area (Å²) in [7, 11) is 0. The molecule has 1 aromatic heterocycles. The second kappa shape index (κ2) is 8.98. The third kappa shape index (κ3) is 4.65. The highest BCUT2D eigenvalue weighted by atomic mass is 16.2. The predicted molar refractivity (Wildman–Crippen MR) is 109 cm³/mol. The minimum Gasteiger partial charge on any atom is -0.337 e. The molecule has 1 unspecified atom stereocenters. The lowest BCUT2D eigenvalue weighted by Crippen LogP contribution is -2.43. The summed E-state index contributed by atoms with van der Waals surface area (Å²) >= 11 is 0. The second-order valence-electron chi connectivity index (χ2n) is 7.25. The van der Waals surface area contributed by atoms with Crippen LogP contribution in [0.5, 0.6) is 0 Å². The van der Waals surface area contributed by atoms with Gasteiger partial charge in [-0.1, -0.05) is 37.3 Å². The summed E-state index contributed by atoms with van der Waals surface area (Å²) in [5.74, 6) is 0.679. The van der Waals surface area contributed by atoms with E-state index in [1.165, 1.54) is 12.0 Å². The normalized spacial score (nSPS) is 17.0. The van der Waals surface area contributed by atoms with Crippen molar-refractivity contribution in [2.75, 3.05) is 18.0 Å². The van der Waals surface area contributed by atoms with Crippen molar-refractivity contribution < 1.29 is 4.79 Å². The van der Waals surface area contributed by atoms with E-state index in [0.717, 1.165) is 44.6 Å². The van der Waals surface area contributed by atoms with Crippen molar-refractivity contribution in [1.29, 1.82) is 0 Å². The molecule has 3 rings (SSSR count). The van der Waals surface area contributed by atoms with Gasteiger partial charge in [-0.15, -0.1) is 0 Å². The molecule has 1 aliphatic rings. The Morgan fingerprint density at radius 2 is 1.96 bits per heavy atom. The number of carbonyl (C=O) groups is 1. The molecule has 0 bridgehead atoms. The van der Waals surface area contributed by atoms with E-state index in [4.69, 9.17) is 0 Å². The van der Waals surface area contributed by atoms with E-state index in [0.29, 0.717) is 17.7 Å². The standard InChI is InChI=1S/C22H30N4O/c1-4-19-13-9-10-14-26(19)21(27)20-15-17(3)23-22(24-20)25(5-2)16-18-11-7-6-8-12-18/h6-8,11-12,15,19H,4-5,9-10,13-14,16H2,1-3H3. The Morgan fingerprint density at radius 1 is 1.19 bits per heavy atom.